The molecule has 0 aliphatic carbocycles. The van der Waals surface area contributed by atoms with Crippen LogP contribution in [-0.4, -0.2) is 4.98 Å². The van der Waals surface area contributed by atoms with Crippen LogP contribution >= 0.6 is 0 Å². The number of fused-ring (bicyclic) bond motifs is 3. The van der Waals surface area contributed by atoms with E-state index in [0.717, 1.165) is 44.5 Å². The molecule has 0 aliphatic heterocycles. The second-order valence-electron chi connectivity index (χ2n) is 9.26. The van der Waals surface area contributed by atoms with E-state index in [-0.39, 0.29) is 0 Å². The van der Waals surface area contributed by atoms with Gasteiger partial charge in [0.1, 0.15) is 5.52 Å². The number of hydrogen-bond acceptors (Lipinski definition) is 3. The minimum absolute atomic E-state index is 0.616. The first-order valence-corrected chi connectivity index (χ1v) is 12.7. The lowest BCUT2D eigenvalue weighted by molar-refractivity contribution is 0.620. The fourth-order valence-corrected chi connectivity index (χ4v) is 5.04. The summed E-state index contributed by atoms with van der Waals surface area (Å²) in [6.07, 6.45) is 0. The Labute approximate surface area is 221 Å². The van der Waals surface area contributed by atoms with E-state index in [0.29, 0.717) is 5.89 Å². The molecule has 1 aromatic heterocycles. The van der Waals surface area contributed by atoms with E-state index < -0.39 is 0 Å². The van der Waals surface area contributed by atoms with Crippen LogP contribution in [0, 0.1) is 0 Å². The average molecular weight is 489 g/mol. The molecule has 6 aromatic carbocycles. The summed E-state index contributed by atoms with van der Waals surface area (Å²) in [5, 5.41) is 2.19. The van der Waals surface area contributed by atoms with Crippen LogP contribution < -0.4 is 4.90 Å². The average Bonchev–Trinajstić information content (AvgIpc) is 3.46. The summed E-state index contributed by atoms with van der Waals surface area (Å²) in [5.41, 5.74) is 8.00. The predicted molar refractivity (Wildman–Crippen MR) is 157 cm³/mol. The first-order valence-electron chi connectivity index (χ1n) is 12.7. The second kappa shape index (κ2) is 9.38. The largest absolute Gasteiger partial charge is 0.434 e. The molecule has 0 aliphatic rings. The fourth-order valence-electron chi connectivity index (χ4n) is 5.04. The zero-order chi connectivity index (χ0) is 25.3. The van der Waals surface area contributed by atoms with Crippen molar-refractivity contribution in [1.82, 2.24) is 4.98 Å². The van der Waals surface area contributed by atoms with Gasteiger partial charge in [-0.3, -0.25) is 0 Å². The molecule has 0 bridgehead atoms. The van der Waals surface area contributed by atoms with E-state index in [9.17, 15) is 0 Å². The van der Waals surface area contributed by atoms with Crippen LogP contribution in [0.25, 0.3) is 44.5 Å². The van der Waals surface area contributed by atoms with E-state index >= 15 is 0 Å². The van der Waals surface area contributed by atoms with Gasteiger partial charge in [0.25, 0.3) is 0 Å². The summed E-state index contributed by atoms with van der Waals surface area (Å²) < 4.78 is 6.56. The number of aromatic nitrogens is 1. The fraction of sp³-hybridized carbons (Fsp3) is 0. The van der Waals surface area contributed by atoms with E-state index in [4.69, 9.17) is 9.40 Å². The molecule has 3 heteroatoms. The Morgan fingerprint density at radius 1 is 0.500 bits per heavy atom. The second-order valence-corrected chi connectivity index (χ2v) is 9.26. The van der Waals surface area contributed by atoms with Gasteiger partial charge in [-0.05, 0) is 59.0 Å². The number of para-hydroxylation sites is 1. The number of benzene rings is 6. The van der Waals surface area contributed by atoms with Gasteiger partial charge >= 0.3 is 0 Å². The number of hydrogen-bond donors (Lipinski definition) is 0. The van der Waals surface area contributed by atoms with Crippen LogP contribution in [0.5, 0.6) is 0 Å². The molecule has 0 amide bonds. The van der Waals surface area contributed by atoms with Crippen molar-refractivity contribution in [3.63, 3.8) is 0 Å². The number of nitrogens with zero attached hydrogens (tertiary/aromatic N) is 2. The summed E-state index contributed by atoms with van der Waals surface area (Å²) in [4.78, 5) is 7.26. The Hall–Kier alpha value is -5.15. The summed E-state index contributed by atoms with van der Waals surface area (Å²) in [6.45, 7) is 0. The van der Waals surface area contributed by atoms with Crippen molar-refractivity contribution in [2.75, 3.05) is 4.90 Å². The Morgan fingerprint density at radius 2 is 1.05 bits per heavy atom. The molecule has 3 nitrogen and oxygen atoms in total. The maximum atomic E-state index is 6.56. The minimum Gasteiger partial charge on any atom is -0.434 e. The van der Waals surface area contributed by atoms with Crippen LogP contribution in [0.4, 0.5) is 17.1 Å². The van der Waals surface area contributed by atoms with Crippen molar-refractivity contribution < 1.29 is 4.42 Å². The van der Waals surface area contributed by atoms with Crippen molar-refractivity contribution in [3.8, 4) is 22.6 Å². The van der Waals surface area contributed by atoms with E-state index in [1.165, 1.54) is 11.1 Å². The van der Waals surface area contributed by atoms with E-state index in [1.807, 2.05) is 42.5 Å². The van der Waals surface area contributed by atoms with Gasteiger partial charge in [0.2, 0.25) is 5.89 Å². The van der Waals surface area contributed by atoms with Crippen LogP contribution in [0.15, 0.2) is 150 Å². The van der Waals surface area contributed by atoms with Gasteiger partial charge in [-0.1, -0.05) is 103 Å². The molecular weight excluding hydrogens is 464 g/mol. The Kier molecular flexibility index (Phi) is 5.45. The summed E-state index contributed by atoms with van der Waals surface area (Å²) in [5.74, 6) is 0.616. The molecule has 180 valence electrons. The lowest BCUT2D eigenvalue weighted by Crippen LogP contribution is -2.10. The zero-order valence-corrected chi connectivity index (χ0v) is 20.7. The third-order valence-electron chi connectivity index (χ3n) is 6.88. The molecule has 0 saturated carbocycles. The highest BCUT2D eigenvalue weighted by atomic mass is 16.3. The number of anilines is 3. The smallest absolute Gasteiger partial charge is 0.227 e. The topological polar surface area (TPSA) is 29.3 Å². The van der Waals surface area contributed by atoms with Gasteiger partial charge in [-0.2, -0.15) is 0 Å². The number of oxazole rings is 1. The maximum absolute atomic E-state index is 6.56. The Balaban J connectivity index is 1.46. The lowest BCUT2D eigenvalue weighted by Gasteiger charge is -2.26. The first-order chi connectivity index (χ1) is 18.8. The van der Waals surface area contributed by atoms with Crippen molar-refractivity contribution >= 4 is 38.9 Å². The van der Waals surface area contributed by atoms with Gasteiger partial charge in [-0.15, -0.1) is 0 Å². The molecule has 0 radical (unpaired) electrons. The van der Waals surface area contributed by atoms with Crippen molar-refractivity contribution in [2.45, 2.75) is 0 Å². The lowest BCUT2D eigenvalue weighted by atomic mass is 10.0. The van der Waals surface area contributed by atoms with Crippen LogP contribution in [0.1, 0.15) is 0 Å². The SMILES string of the molecule is c1ccc(-c2ccc(N(c3ccccc3)c3cc4ccccc4c4nc(-c5ccccc5)oc34)cc2)cc1. The van der Waals surface area contributed by atoms with Gasteiger partial charge < -0.3 is 9.32 Å². The molecule has 1 heterocycles. The highest BCUT2D eigenvalue weighted by molar-refractivity contribution is 6.11. The van der Waals surface area contributed by atoms with Gasteiger partial charge in [-0.25, -0.2) is 4.98 Å². The first kappa shape index (κ1) is 22.1. The van der Waals surface area contributed by atoms with Gasteiger partial charge in [0, 0.05) is 22.3 Å². The number of rotatable bonds is 5. The normalized spacial score (nSPS) is 11.2. The highest BCUT2D eigenvalue weighted by Crippen LogP contribution is 2.43. The molecule has 0 N–H and O–H groups in total. The highest BCUT2D eigenvalue weighted by Gasteiger charge is 2.22. The van der Waals surface area contributed by atoms with Crippen molar-refractivity contribution in [1.29, 1.82) is 0 Å². The zero-order valence-electron chi connectivity index (χ0n) is 20.7. The predicted octanol–water partition coefficient (Wildman–Crippen LogP) is 9.78. The van der Waals surface area contributed by atoms with Gasteiger partial charge in [0.15, 0.2) is 5.58 Å². The van der Waals surface area contributed by atoms with Crippen molar-refractivity contribution in [3.05, 3.63) is 146 Å². The molecule has 0 spiro atoms. The van der Waals surface area contributed by atoms with E-state index in [2.05, 4.69) is 108 Å². The molecule has 7 aromatic rings. The standard InChI is InChI=1S/C35H24N2O/c1-4-12-25(13-5-1)26-20-22-30(23-21-26)37(29-17-8-3-9-18-29)32-24-28-16-10-11-19-31(28)33-34(32)38-35(36-33)27-14-6-2-7-15-27/h1-24H. The summed E-state index contributed by atoms with van der Waals surface area (Å²) in [7, 11) is 0. The molecule has 38 heavy (non-hydrogen) atoms. The molecule has 0 saturated heterocycles. The molecule has 0 atom stereocenters. The Morgan fingerprint density at radius 3 is 1.76 bits per heavy atom. The summed E-state index contributed by atoms with van der Waals surface area (Å²) in [6, 6.07) is 50.2. The molecule has 0 unspecified atom stereocenters. The molecular formula is C35H24N2O. The van der Waals surface area contributed by atoms with Crippen LogP contribution in [0.2, 0.25) is 0 Å². The van der Waals surface area contributed by atoms with Crippen molar-refractivity contribution in [2.24, 2.45) is 0 Å². The van der Waals surface area contributed by atoms with Gasteiger partial charge in [0.05, 0.1) is 5.69 Å². The monoisotopic (exact) mass is 488 g/mol. The minimum atomic E-state index is 0.616. The molecule has 7 rings (SSSR count). The third kappa shape index (κ3) is 3.91. The summed E-state index contributed by atoms with van der Waals surface area (Å²) >= 11 is 0. The Bertz CT molecular complexity index is 1840. The molecule has 0 fully saturated rings. The maximum Gasteiger partial charge on any atom is 0.227 e. The van der Waals surface area contributed by atoms with E-state index in [1.54, 1.807) is 0 Å². The third-order valence-corrected chi connectivity index (χ3v) is 6.88. The quantitative estimate of drug-likeness (QED) is 0.241. The van der Waals surface area contributed by atoms with Crippen LogP contribution in [0.3, 0.4) is 0 Å². The van der Waals surface area contributed by atoms with Crippen LogP contribution in [-0.2, 0) is 0 Å².